The average molecular weight is 270 g/mol. The van der Waals surface area contributed by atoms with E-state index in [2.05, 4.69) is 4.74 Å². The molecule has 0 saturated carbocycles. The quantitative estimate of drug-likeness (QED) is 0.564. The minimum Gasteiger partial charge on any atom is -0.496 e. The Morgan fingerprint density at radius 3 is 2.37 bits per heavy atom. The topological polar surface area (TPSA) is 106 Å². The van der Waals surface area contributed by atoms with Gasteiger partial charge in [0.1, 0.15) is 17.1 Å². The molecule has 7 nitrogen and oxygen atoms in total. The lowest BCUT2D eigenvalue weighted by atomic mass is 10.1. The number of ether oxygens (including phenoxy) is 2. The molecule has 0 unspecified atom stereocenters. The van der Waals surface area contributed by atoms with Gasteiger partial charge in [-0.05, 0) is 6.08 Å². The summed E-state index contributed by atoms with van der Waals surface area (Å²) in [4.78, 5) is 22.6. The van der Waals surface area contributed by atoms with E-state index < -0.39 is 24.8 Å². The van der Waals surface area contributed by atoms with E-state index in [1.807, 2.05) is 0 Å². The van der Waals surface area contributed by atoms with Gasteiger partial charge in [-0.25, -0.2) is 9.59 Å². The van der Waals surface area contributed by atoms with Gasteiger partial charge in [-0.1, -0.05) is 0 Å². The summed E-state index contributed by atoms with van der Waals surface area (Å²) in [6, 6.07) is 0. The van der Waals surface area contributed by atoms with Crippen LogP contribution >= 0.6 is 0 Å². The lowest BCUT2D eigenvalue weighted by Gasteiger charge is -2.11. The SMILES string of the molecule is COC(=O)C=Cc1oc(=O)c(CO)c(OC)c1CO. The fraction of sp³-hybridized carbons (Fsp3) is 0.333. The fourth-order valence-corrected chi connectivity index (χ4v) is 1.49. The molecule has 0 aliphatic carbocycles. The normalized spacial score (nSPS) is 10.7. The van der Waals surface area contributed by atoms with Crippen LogP contribution in [0.25, 0.3) is 6.08 Å². The van der Waals surface area contributed by atoms with E-state index in [-0.39, 0.29) is 22.6 Å². The molecule has 1 aromatic heterocycles. The monoisotopic (exact) mass is 270 g/mol. The summed E-state index contributed by atoms with van der Waals surface area (Å²) in [5.74, 6) is -0.644. The molecule has 104 valence electrons. The Kier molecular flexibility index (Phi) is 5.28. The lowest BCUT2D eigenvalue weighted by molar-refractivity contribution is -0.134. The molecule has 0 fully saturated rings. The zero-order chi connectivity index (χ0) is 14.4. The van der Waals surface area contributed by atoms with Crippen molar-refractivity contribution in [3.05, 3.63) is 33.4 Å². The van der Waals surface area contributed by atoms with Crippen LogP contribution in [-0.2, 0) is 22.7 Å². The molecule has 0 aliphatic heterocycles. The first-order valence-electron chi connectivity index (χ1n) is 5.29. The van der Waals surface area contributed by atoms with Gasteiger partial charge in [-0.2, -0.15) is 0 Å². The summed E-state index contributed by atoms with van der Waals surface area (Å²) in [6.07, 6.45) is 2.22. The first-order valence-corrected chi connectivity index (χ1v) is 5.29. The minimum absolute atomic E-state index is 0.0331. The van der Waals surface area contributed by atoms with Crippen molar-refractivity contribution in [1.29, 1.82) is 0 Å². The number of carbonyl (C=O) groups excluding carboxylic acids is 1. The zero-order valence-corrected chi connectivity index (χ0v) is 10.5. The van der Waals surface area contributed by atoms with Crippen LogP contribution in [-0.4, -0.2) is 30.4 Å². The van der Waals surface area contributed by atoms with Crippen molar-refractivity contribution >= 4 is 12.0 Å². The first-order chi connectivity index (χ1) is 9.08. The highest BCUT2D eigenvalue weighted by Crippen LogP contribution is 2.25. The van der Waals surface area contributed by atoms with Crippen molar-refractivity contribution in [1.82, 2.24) is 0 Å². The van der Waals surface area contributed by atoms with Gasteiger partial charge in [-0.3, -0.25) is 0 Å². The average Bonchev–Trinajstić information content (AvgIpc) is 2.43. The van der Waals surface area contributed by atoms with E-state index in [0.29, 0.717) is 0 Å². The number of aliphatic hydroxyl groups is 2. The molecule has 0 aliphatic rings. The molecule has 0 bridgehead atoms. The Morgan fingerprint density at radius 1 is 1.26 bits per heavy atom. The molecule has 0 spiro atoms. The van der Waals surface area contributed by atoms with E-state index in [1.54, 1.807) is 0 Å². The van der Waals surface area contributed by atoms with Gasteiger partial charge in [0.2, 0.25) is 0 Å². The Balaban J connectivity index is 3.41. The lowest BCUT2D eigenvalue weighted by Crippen LogP contribution is -2.13. The van der Waals surface area contributed by atoms with Crippen LogP contribution < -0.4 is 10.4 Å². The van der Waals surface area contributed by atoms with Gasteiger partial charge in [0, 0.05) is 6.08 Å². The summed E-state index contributed by atoms with van der Waals surface area (Å²) in [7, 11) is 2.49. The predicted molar refractivity (Wildman–Crippen MR) is 64.4 cm³/mol. The molecular weight excluding hydrogens is 256 g/mol. The second kappa shape index (κ2) is 6.72. The molecule has 0 radical (unpaired) electrons. The molecule has 2 N–H and O–H groups in total. The third-order valence-corrected chi connectivity index (χ3v) is 2.39. The molecule has 1 heterocycles. The van der Waals surface area contributed by atoms with Crippen molar-refractivity contribution in [2.45, 2.75) is 13.2 Å². The predicted octanol–water partition coefficient (Wildman–Crippen LogP) is -0.181. The second-order valence-corrected chi connectivity index (χ2v) is 3.42. The van der Waals surface area contributed by atoms with Crippen LogP contribution in [0.5, 0.6) is 5.75 Å². The van der Waals surface area contributed by atoms with E-state index in [4.69, 9.17) is 14.3 Å². The molecule has 0 amide bonds. The maximum absolute atomic E-state index is 11.6. The van der Waals surface area contributed by atoms with E-state index in [1.165, 1.54) is 20.3 Å². The van der Waals surface area contributed by atoms with E-state index in [0.717, 1.165) is 6.08 Å². The number of esters is 1. The largest absolute Gasteiger partial charge is 0.496 e. The van der Waals surface area contributed by atoms with Gasteiger partial charge < -0.3 is 24.1 Å². The van der Waals surface area contributed by atoms with Crippen molar-refractivity contribution in [2.75, 3.05) is 14.2 Å². The van der Waals surface area contributed by atoms with Gasteiger partial charge in [0.15, 0.2) is 0 Å². The van der Waals surface area contributed by atoms with Crippen LogP contribution in [0.15, 0.2) is 15.3 Å². The zero-order valence-electron chi connectivity index (χ0n) is 10.5. The third-order valence-electron chi connectivity index (χ3n) is 2.39. The standard InChI is InChI=1S/C12H14O7/c1-17-10(15)4-3-9-7(5-13)11(18-2)8(6-14)12(16)19-9/h3-4,13-14H,5-6H2,1-2H3. The fourth-order valence-electron chi connectivity index (χ4n) is 1.49. The Morgan fingerprint density at radius 2 is 1.89 bits per heavy atom. The third kappa shape index (κ3) is 3.21. The maximum Gasteiger partial charge on any atom is 0.345 e. The molecule has 19 heavy (non-hydrogen) atoms. The number of hydrogen-bond acceptors (Lipinski definition) is 7. The Hall–Kier alpha value is -2.12. The number of aliphatic hydroxyl groups excluding tert-OH is 2. The van der Waals surface area contributed by atoms with E-state index >= 15 is 0 Å². The number of rotatable bonds is 5. The summed E-state index contributed by atoms with van der Waals surface area (Å²) in [5.41, 5.74) is -0.742. The molecule has 0 saturated heterocycles. The smallest absolute Gasteiger partial charge is 0.345 e. The van der Waals surface area contributed by atoms with Crippen LogP contribution in [0.1, 0.15) is 16.9 Å². The number of carbonyl (C=O) groups is 1. The van der Waals surface area contributed by atoms with Crippen molar-refractivity contribution in [3.8, 4) is 5.75 Å². The number of methoxy groups -OCH3 is 2. The first kappa shape index (κ1) is 14.9. The van der Waals surface area contributed by atoms with Gasteiger partial charge in [0.25, 0.3) is 0 Å². The highest BCUT2D eigenvalue weighted by atomic mass is 16.5. The Labute approximate surface area is 108 Å². The Bertz CT molecular complexity index is 542. The molecule has 1 aromatic rings. The maximum atomic E-state index is 11.6. The summed E-state index contributed by atoms with van der Waals surface area (Å²) >= 11 is 0. The molecular formula is C12H14O7. The van der Waals surface area contributed by atoms with Crippen LogP contribution in [0.2, 0.25) is 0 Å². The van der Waals surface area contributed by atoms with E-state index in [9.17, 15) is 14.7 Å². The highest BCUT2D eigenvalue weighted by Gasteiger charge is 2.18. The molecule has 1 rings (SSSR count). The van der Waals surface area contributed by atoms with Crippen LogP contribution in [0.3, 0.4) is 0 Å². The van der Waals surface area contributed by atoms with Gasteiger partial charge >= 0.3 is 11.6 Å². The number of hydrogen-bond donors (Lipinski definition) is 2. The van der Waals surface area contributed by atoms with Crippen LogP contribution in [0, 0.1) is 0 Å². The summed E-state index contributed by atoms with van der Waals surface area (Å²) < 4.78 is 14.3. The minimum atomic E-state index is -0.805. The van der Waals surface area contributed by atoms with Crippen molar-refractivity contribution in [2.24, 2.45) is 0 Å². The van der Waals surface area contributed by atoms with Crippen molar-refractivity contribution < 1.29 is 28.9 Å². The molecule has 7 heteroatoms. The van der Waals surface area contributed by atoms with Gasteiger partial charge in [-0.15, -0.1) is 0 Å². The summed E-state index contributed by atoms with van der Waals surface area (Å²) in [6.45, 7) is -1.07. The second-order valence-electron chi connectivity index (χ2n) is 3.42. The summed E-state index contributed by atoms with van der Waals surface area (Å²) in [5, 5.41) is 18.4. The van der Waals surface area contributed by atoms with Crippen molar-refractivity contribution in [3.63, 3.8) is 0 Å². The van der Waals surface area contributed by atoms with Crippen LogP contribution in [0.4, 0.5) is 0 Å². The highest BCUT2D eigenvalue weighted by molar-refractivity contribution is 5.86. The van der Waals surface area contributed by atoms with Gasteiger partial charge in [0.05, 0.1) is 33.0 Å². The molecule has 0 aromatic carbocycles. The molecule has 0 atom stereocenters.